The van der Waals surface area contributed by atoms with Crippen LogP contribution in [0.25, 0.3) is 0 Å². The molecule has 1 aromatic heterocycles. The maximum absolute atomic E-state index is 11.9. The number of hydrogen-bond donors (Lipinski definition) is 1. The molecule has 2 rings (SSSR count). The van der Waals surface area contributed by atoms with E-state index in [1.54, 1.807) is 12.3 Å². The number of aromatic nitrogens is 2. The zero-order valence-electron chi connectivity index (χ0n) is 11.3. The molecule has 0 amide bonds. The molecule has 0 aliphatic rings. The second kappa shape index (κ2) is 6.39. The Morgan fingerprint density at radius 2 is 2.10 bits per heavy atom. The summed E-state index contributed by atoms with van der Waals surface area (Å²) < 4.78 is 1.27. The first kappa shape index (κ1) is 14.3. The van der Waals surface area contributed by atoms with Gasteiger partial charge in [0.15, 0.2) is 0 Å². The van der Waals surface area contributed by atoms with Crippen molar-refractivity contribution in [1.82, 2.24) is 9.78 Å². The van der Waals surface area contributed by atoms with Crippen molar-refractivity contribution in [1.29, 1.82) is 0 Å². The molecule has 0 spiro atoms. The van der Waals surface area contributed by atoms with Crippen molar-refractivity contribution < 1.29 is 0 Å². The number of anilines is 1. The molecule has 0 bridgehead atoms. The van der Waals surface area contributed by atoms with E-state index in [-0.39, 0.29) is 10.6 Å². The molecule has 2 aromatic rings. The fourth-order valence-electron chi connectivity index (χ4n) is 1.74. The lowest BCUT2D eigenvalue weighted by molar-refractivity contribution is 0.653. The van der Waals surface area contributed by atoms with Gasteiger partial charge in [-0.3, -0.25) is 4.79 Å². The predicted molar refractivity (Wildman–Crippen MR) is 82.2 cm³/mol. The van der Waals surface area contributed by atoms with E-state index < -0.39 is 0 Å². The zero-order chi connectivity index (χ0) is 14.5. The summed E-state index contributed by atoms with van der Waals surface area (Å²) in [6.45, 7) is 6.55. The molecule has 0 unspecified atom stereocenters. The van der Waals surface area contributed by atoms with Crippen molar-refractivity contribution in [3.63, 3.8) is 0 Å². The quantitative estimate of drug-likeness (QED) is 0.861. The van der Waals surface area contributed by atoms with Gasteiger partial charge in [-0.2, -0.15) is 5.10 Å². The van der Waals surface area contributed by atoms with Gasteiger partial charge in [0, 0.05) is 6.54 Å². The molecule has 1 heterocycles. The van der Waals surface area contributed by atoms with Gasteiger partial charge < -0.3 is 5.32 Å². The van der Waals surface area contributed by atoms with Crippen LogP contribution in [0.4, 0.5) is 5.69 Å². The summed E-state index contributed by atoms with van der Waals surface area (Å²) in [5.41, 5.74) is 2.54. The second-order valence-electron chi connectivity index (χ2n) is 4.49. The summed E-state index contributed by atoms with van der Waals surface area (Å²) in [6, 6.07) is 8.14. The number of aryl methyl sites for hydroxylation is 1. The monoisotopic (exact) mass is 289 g/mol. The van der Waals surface area contributed by atoms with Crippen LogP contribution in [-0.2, 0) is 13.1 Å². The summed E-state index contributed by atoms with van der Waals surface area (Å²) in [4.78, 5) is 11.9. The van der Waals surface area contributed by atoms with Crippen LogP contribution in [-0.4, -0.2) is 9.78 Å². The van der Waals surface area contributed by atoms with Crippen LogP contribution < -0.4 is 10.9 Å². The summed E-state index contributed by atoms with van der Waals surface area (Å²) in [5, 5.41) is 7.31. The van der Waals surface area contributed by atoms with Crippen molar-refractivity contribution >= 4 is 17.3 Å². The molecule has 20 heavy (non-hydrogen) atoms. The standard InChI is InChI=1S/C15H16ClN3O/c1-3-8-19-15(20)14(16)13(10-18-19)17-9-12-6-4-11(2)5-7-12/h3-7,10,17H,1,8-9H2,2H3. The number of nitrogens with zero attached hydrogens (tertiary/aromatic N) is 2. The van der Waals surface area contributed by atoms with Gasteiger partial charge in [0.2, 0.25) is 0 Å². The fraction of sp³-hybridized carbons (Fsp3) is 0.200. The van der Waals surface area contributed by atoms with E-state index in [9.17, 15) is 4.79 Å². The predicted octanol–water partition coefficient (Wildman–Crippen LogP) is 3.00. The Morgan fingerprint density at radius 3 is 2.75 bits per heavy atom. The van der Waals surface area contributed by atoms with Gasteiger partial charge in [-0.25, -0.2) is 4.68 Å². The lowest BCUT2D eigenvalue weighted by Gasteiger charge is -2.09. The lowest BCUT2D eigenvalue weighted by atomic mass is 10.1. The van der Waals surface area contributed by atoms with Gasteiger partial charge >= 0.3 is 0 Å². The average Bonchev–Trinajstić information content (AvgIpc) is 2.45. The average molecular weight is 290 g/mol. The van der Waals surface area contributed by atoms with E-state index in [0.29, 0.717) is 18.8 Å². The van der Waals surface area contributed by atoms with Gasteiger partial charge in [0.1, 0.15) is 5.02 Å². The minimum Gasteiger partial charge on any atom is -0.378 e. The minimum atomic E-state index is -0.319. The summed E-state index contributed by atoms with van der Waals surface area (Å²) in [7, 11) is 0. The highest BCUT2D eigenvalue weighted by Crippen LogP contribution is 2.16. The number of allylic oxidation sites excluding steroid dienone is 1. The Morgan fingerprint density at radius 1 is 1.40 bits per heavy atom. The van der Waals surface area contributed by atoms with E-state index in [4.69, 9.17) is 11.6 Å². The van der Waals surface area contributed by atoms with Gasteiger partial charge in [0.25, 0.3) is 5.56 Å². The second-order valence-corrected chi connectivity index (χ2v) is 4.87. The van der Waals surface area contributed by atoms with E-state index in [1.165, 1.54) is 10.2 Å². The highest BCUT2D eigenvalue weighted by molar-refractivity contribution is 6.32. The minimum absolute atomic E-state index is 0.147. The van der Waals surface area contributed by atoms with Gasteiger partial charge in [0.05, 0.1) is 18.4 Å². The molecule has 4 nitrogen and oxygen atoms in total. The number of benzene rings is 1. The summed E-state index contributed by atoms with van der Waals surface area (Å²) in [6.07, 6.45) is 3.16. The fourth-order valence-corrected chi connectivity index (χ4v) is 1.96. The van der Waals surface area contributed by atoms with Crippen molar-refractivity contribution in [2.45, 2.75) is 20.0 Å². The number of nitrogens with one attached hydrogen (secondary N) is 1. The molecule has 1 aromatic carbocycles. The van der Waals surface area contributed by atoms with Crippen LogP contribution in [0.5, 0.6) is 0 Å². The number of hydrogen-bond acceptors (Lipinski definition) is 3. The molecule has 0 saturated heterocycles. The van der Waals surface area contributed by atoms with Crippen LogP contribution in [0.15, 0.2) is 47.9 Å². The Hall–Kier alpha value is -2.07. The third kappa shape index (κ3) is 3.27. The first-order valence-electron chi connectivity index (χ1n) is 6.27. The van der Waals surface area contributed by atoms with Gasteiger partial charge in [-0.15, -0.1) is 6.58 Å². The normalized spacial score (nSPS) is 10.3. The maximum atomic E-state index is 11.9. The first-order valence-corrected chi connectivity index (χ1v) is 6.65. The van der Waals surface area contributed by atoms with Crippen molar-refractivity contribution in [3.05, 3.63) is 69.6 Å². The molecular weight excluding hydrogens is 274 g/mol. The SMILES string of the molecule is C=CCn1ncc(NCc2ccc(C)cc2)c(Cl)c1=O. The lowest BCUT2D eigenvalue weighted by Crippen LogP contribution is -2.23. The third-order valence-corrected chi connectivity index (χ3v) is 3.26. The molecule has 0 fully saturated rings. The molecule has 0 aliphatic carbocycles. The molecule has 0 atom stereocenters. The third-order valence-electron chi connectivity index (χ3n) is 2.89. The van der Waals surface area contributed by atoms with Crippen molar-refractivity contribution in [2.75, 3.05) is 5.32 Å². The van der Waals surface area contributed by atoms with Crippen LogP contribution >= 0.6 is 11.6 Å². The first-order chi connectivity index (χ1) is 9.61. The van der Waals surface area contributed by atoms with Crippen LogP contribution in [0, 0.1) is 6.92 Å². The molecule has 1 N–H and O–H groups in total. The largest absolute Gasteiger partial charge is 0.378 e. The summed E-state index contributed by atoms with van der Waals surface area (Å²) in [5.74, 6) is 0. The highest BCUT2D eigenvalue weighted by atomic mass is 35.5. The van der Waals surface area contributed by atoms with E-state index in [2.05, 4.69) is 17.0 Å². The van der Waals surface area contributed by atoms with E-state index in [0.717, 1.165) is 5.56 Å². The molecule has 0 radical (unpaired) electrons. The molecular formula is C15H16ClN3O. The van der Waals surface area contributed by atoms with Crippen LogP contribution in [0.3, 0.4) is 0 Å². The Bertz CT molecular complexity index is 662. The highest BCUT2D eigenvalue weighted by Gasteiger charge is 2.08. The molecule has 104 valence electrons. The maximum Gasteiger partial charge on any atom is 0.287 e. The van der Waals surface area contributed by atoms with Crippen molar-refractivity contribution in [3.8, 4) is 0 Å². The van der Waals surface area contributed by atoms with Crippen molar-refractivity contribution in [2.24, 2.45) is 0 Å². The smallest absolute Gasteiger partial charge is 0.287 e. The Balaban J connectivity index is 2.14. The van der Waals surface area contributed by atoms with Crippen LogP contribution in [0.1, 0.15) is 11.1 Å². The molecule has 0 saturated carbocycles. The zero-order valence-corrected chi connectivity index (χ0v) is 12.0. The van der Waals surface area contributed by atoms with Gasteiger partial charge in [-0.05, 0) is 12.5 Å². The van der Waals surface area contributed by atoms with E-state index in [1.807, 2.05) is 31.2 Å². The van der Waals surface area contributed by atoms with Crippen LogP contribution in [0.2, 0.25) is 5.02 Å². The Kier molecular flexibility index (Phi) is 4.58. The summed E-state index contributed by atoms with van der Waals surface area (Å²) >= 11 is 6.06. The number of rotatable bonds is 5. The number of halogens is 1. The topological polar surface area (TPSA) is 46.9 Å². The Labute approximate surface area is 122 Å². The molecule has 0 aliphatic heterocycles. The van der Waals surface area contributed by atoms with E-state index >= 15 is 0 Å². The van der Waals surface area contributed by atoms with Gasteiger partial charge in [-0.1, -0.05) is 47.5 Å². The molecule has 5 heteroatoms.